The van der Waals surface area contributed by atoms with Gasteiger partial charge in [-0.1, -0.05) is 37.2 Å². The zero-order valence-electron chi connectivity index (χ0n) is 14.7. The highest BCUT2D eigenvalue weighted by atomic mass is 32.2. The number of ether oxygens (including phenoxy) is 1. The Morgan fingerprint density at radius 1 is 1.36 bits per heavy atom. The summed E-state index contributed by atoms with van der Waals surface area (Å²) in [5, 5.41) is 0.485. The molecule has 1 aromatic heterocycles. The van der Waals surface area contributed by atoms with E-state index in [9.17, 15) is 9.59 Å². The number of nitrogens with one attached hydrogen (secondary N) is 1. The fourth-order valence-corrected chi connectivity index (χ4v) is 3.14. The third-order valence-electron chi connectivity index (χ3n) is 3.59. The van der Waals surface area contributed by atoms with Crippen molar-refractivity contribution in [3.05, 3.63) is 51.9 Å². The summed E-state index contributed by atoms with van der Waals surface area (Å²) in [4.78, 5) is 32.7. The largest absolute Gasteiger partial charge is 0.497 e. The molecule has 0 bridgehead atoms. The van der Waals surface area contributed by atoms with Crippen LogP contribution in [0.2, 0.25) is 0 Å². The Labute approximate surface area is 151 Å². The summed E-state index contributed by atoms with van der Waals surface area (Å²) < 4.78 is 5.19. The molecular formula is C18H23N3O3S. The number of aromatic nitrogens is 2. The van der Waals surface area contributed by atoms with Gasteiger partial charge in [-0.15, -0.1) is 0 Å². The molecule has 25 heavy (non-hydrogen) atoms. The Hall–Kier alpha value is -2.28. The number of hydrogen-bond donors (Lipinski definition) is 1. The van der Waals surface area contributed by atoms with Crippen molar-refractivity contribution in [1.29, 1.82) is 0 Å². The van der Waals surface area contributed by atoms with Gasteiger partial charge >= 0.3 is 0 Å². The molecule has 2 rings (SSSR count). The molecule has 0 aliphatic carbocycles. The molecule has 0 saturated carbocycles. The first-order valence-corrected chi connectivity index (χ1v) is 9.10. The second-order valence-electron chi connectivity index (χ2n) is 5.68. The van der Waals surface area contributed by atoms with E-state index in [0.717, 1.165) is 29.8 Å². The molecule has 0 aliphatic heterocycles. The van der Waals surface area contributed by atoms with Crippen LogP contribution in [0.4, 0.5) is 0 Å². The standard InChI is InChI=1S/C18H23N3O3S/c1-4-6-14-10-16(22)20-18(19-14)25-12-17(23)21(2)11-13-7-5-8-15(9-13)24-3/h5,7-10H,4,6,11-12H2,1-3H3,(H,19,20,22). The molecule has 0 radical (unpaired) electrons. The Kier molecular flexibility index (Phi) is 7.06. The Bertz CT molecular complexity index is 776. The highest BCUT2D eigenvalue weighted by Crippen LogP contribution is 2.16. The minimum Gasteiger partial charge on any atom is -0.497 e. The van der Waals surface area contributed by atoms with Gasteiger partial charge in [-0.05, 0) is 24.1 Å². The van der Waals surface area contributed by atoms with E-state index in [2.05, 4.69) is 9.97 Å². The maximum absolute atomic E-state index is 12.3. The summed E-state index contributed by atoms with van der Waals surface area (Å²) in [6.07, 6.45) is 1.67. The minimum absolute atomic E-state index is 0.0311. The first kappa shape index (κ1) is 19.1. The highest BCUT2D eigenvalue weighted by molar-refractivity contribution is 7.99. The van der Waals surface area contributed by atoms with Crippen LogP contribution in [0.5, 0.6) is 5.75 Å². The number of carbonyl (C=O) groups is 1. The lowest BCUT2D eigenvalue weighted by atomic mass is 10.2. The van der Waals surface area contributed by atoms with Crippen molar-refractivity contribution in [2.45, 2.75) is 31.5 Å². The van der Waals surface area contributed by atoms with Gasteiger partial charge in [-0.2, -0.15) is 0 Å². The number of thioether (sulfide) groups is 1. The summed E-state index contributed by atoms with van der Waals surface area (Å²) in [6, 6.07) is 9.13. The van der Waals surface area contributed by atoms with E-state index in [0.29, 0.717) is 11.7 Å². The van der Waals surface area contributed by atoms with Crippen LogP contribution in [0.25, 0.3) is 0 Å². The monoisotopic (exact) mass is 361 g/mol. The van der Waals surface area contributed by atoms with Gasteiger partial charge < -0.3 is 14.6 Å². The summed E-state index contributed by atoms with van der Waals surface area (Å²) >= 11 is 1.25. The van der Waals surface area contributed by atoms with E-state index in [1.165, 1.54) is 17.8 Å². The zero-order chi connectivity index (χ0) is 18.2. The maximum atomic E-state index is 12.3. The number of aromatic amines is 1. The number of H-pyrrole nitrogens is 1. The molecule has 7 heteroatoms. The number of benzene rings is 1. The first-order valence-electron chi connectivity index (χ1n) is 8.11. The van der Waals surface area contributed by atoms with Crippen LogP contribution < -0.4 is 10.3 Å². The molecule has 134 valence electrons. The van der Waals surface area contributed by atoms with Crippen molar-refractivity contribution in [2.75, 3.05) is 19.9 Å². The third kappa shape index (κ3) is 5.94. The molecule has 1 heterocycles. The van der Waals surface area contributed by atoms with Crippen molar-refractivity contribution in [3.63, 3.8) is 0 Å². The van der Waals surface area contributed by atoms with E-state index in [4.69, 9.17) is 4.74 Å². The van der Waals surface area contributed by atoms with Gasteiger partial charge in [0.05, 0.1) is 12.9 Å². The van der Waals surface area contributed by atoms with E-state index >= 15 is 0 Å². The molecule has 1 aromatic carbocycles. The summed E-state index contributed by atoms with van der Waals surface area (Å²) in [6.45, 7) is 2.53. The number of carbonyl (C=O) groups excluding carboxylic acids is 1. The number of hydrogen-bond acceptors (Lipinski definition) is 5. The second kappa shape index (κ2) is 9.27. The fourth-order valence-electron chi connectivity index (χ4n) is 2.31. The molecule has 0 unspecified atom stereocenters. The van der Waals surface area contributed by atoms with E-state index in [1.54, 1.807) is 19.1 Å². The van der Waals surface area contributed by atoms with Crippen LogP contribution in [-0.4, -0.2) is 40.7 Å². The van der Waals surface area contributed by atoms with Crippen molar-refractivity contribution in [3.8, 4) is 5.75 Å². The van der Waals surface area contributed by atoms with E-state index in [-0.39, 0.29) is 17.2 Å². The van der Waals surface area contributed by atoms with Crippen molar-refractivity contribution >= 4 is 17.7 Å². The van der Waals surface area contributed by atoms with Crippen LogP contribution in [0, 0.1) is 0 Å². The zero-order valence-corrected chi connectivity index (χ0v) is 15.6. The Morgan fingerprint density at radius 2 is 2.16 bits per heavy atom. The SMILES string of the molecule is CCCc1cc(=O)[nH]c(SCC(=O)N(C)Cc2cccc(OC)c2)n1. The topological polar surface area (TPSA) is 75.3 Å². The number of nitrogens with zero attached hydrogens (tertiary/aromatic N) is 2. The molecule has 1 amide bonds. The number of aryl methyl sites for hydroxylation is 1. The molecule has 0 saturated heterocycles. The van der Waals surface area contributed by atoms with Crippen LogP contribution in [0.15, 0.2) is 40.3 Å². The average Bonchev–Trinajstić information content (AvgIpc) is 2.59. The van der Waals surface area contributed by atoms with Crippen LogP contribution in [-0.2, 0) is 17.8 Å². The first-order chi connectivity index (χ1) is 12.0. The predicted octanol–water partition coefficient (Wildman–Crippen LogP) is 2.48. The van der Waals surface area contributed by atoms with Gasteiger partial charge in [-0.3, -0.25) is 9.59 Å². The average molecular weight is 361 g/mol. The third-order valence-corrected chi connectivity index (χ3v) is 4.45. The molecule has 1 N–H and O–H groups in total. The van der Waals surface area contributed by atoms with Crippen molar-refractivity contribution < 1.29 is 9.53 Å². The normalized spacial score (nSPS) is 10.5. The lowest BCUT2D eigenvalue weighted by molar-refractivity contribution is -0.127. The number of rotatable bonds is 8. The van der Waals surface area contributed by atoms with E-state index in [1.807, 2.05) is 31.2 Å². The summed E-state index contributed by atoms with van der Waals surface area (Å²) in [5.74, 6) is 0.956. The molecule has 0 atom stereocenters. The Morgan fingerprint density at radius 3 is 2.88 bits per heavy atom. The lowest BCUT2D eigenvalue weighted by Gasteiger charge is -2.17. The van der Waals surface area contributed by atoms with E-state index < -0.39 is 0 Å². The van der Waals surface area contributed by atoms with Gasteiger partial charge in [0.15, 0.2) is 5.16 Å². The maximum Gasteiger partial charge on any atom is 0.251 e. The molecule has 0 fully saturated rings. The fraction of sp³-hybridized carbons (Fsp3) is 0.389. The highest BCUT2D eigenvalue weighted by Gasteiger charge is 2.12. The summed E-state index contributed by atoms with van der Waals surface area (Å²) in [7, 11) is 3.37. The molecule has 0 aliphatic rings. The van der Waals surface area contributed by atoms with Gasteiger partial charge in [0.25, 0.3) is 5.56 Å². The van der Waals surface area contributed by atoms with Gasteiger partial charge in [0.2, 0.25) is 5.91 Å². The molecule has 6 nitrogen and oxygen atoms in total. The quantitative estimate of drug-likeness (QED) is 0.577. The van der Waals surface area contributed by atoms with Crippen LogP contribution in [0.1, 0.15) is 24.6 Å². The minimum atomic E-state index is -0.182. The molecule has 0 spiro atoms. The number of amides is 1. The smallest absolute Gasteiger partial charge is 0.251 e. The van der Waals surface area contributed by atoms with Gasteiger partial charge in [-0.25, -0.2) is 4.98 Å². The van der Waals surface area contributed by atoms with Gasteiger partial charge in [0, 0.05) is 25.4 Å². The van der Waals surface area contributed by atoms with Gasteiger partial charge in [0.1, 0.15) is 5.75 Å². The van der Waals surface area contributed by atoms with Crippen LogP contribution in [0.3, 0.4) is 0 Å². The predicted molar refractivity (Wildman–Crippen MR) is 99.0 cm³/mol. The summed E-state index contributed by atoms with van der Waals surface area (Å²) in [5.41, 5.74) is 1.57. The van der Waals surface area contributed by atoms with Crippen molar-refractivity contribution in [2.24, 2.45) is 0 Å². The molecular weight excluding hydrogens is 338 g/mol. The second-order valence-corrected chi connectivity index (χ2v) is 6.65. The number of methoxy groups -OCH3 is 1. The molecule has 2 aromatic rings. The lowest BCUT2D eigenvalue weighted by Crippen LogP contribution is -2.28. The van der Waals surface area contributed by atoms with Crippen molar-refractivity contribution in [1.82, 2.24) is 14.9 Å². The Balaban J connectivity index is 1.94. The van der Waals surface area contributed by atoms with Crippen LogP contribution >= 0.6 is 11.8 Å².